The minimum atomic E-state index is 0.250. The van der Waals surface area contributed by atoms with Crippen LogP contribution in [0.25, 0.3) is 0 Å². The molecule has 2 nitrogen and oxygen atoms in total. The van der Waals surface area contributed by atoms with Crippen molar-refractivity contribution < 1.29 is 4.79 Å². The zero-order chi connectivity index (χ0) is 12.3. The van der Waals surface area contributed by atoms with Gasteiger partial charge < -0.3 is 0 Å². The smallest absolute Gasteiger partial charge is 0.176 e. The Labute approximate surface area is 104 Å². The van der Waals surface area contributed by atoms with Crippen LogP contribution in [0.15, 0.2) is 24.3 Å². The molecular formula is C15H21NO. The first-order valence-electron chi connectivity index (χ1n) is 6.47. The average molecular weight is 231 g/mol. The summed E-state index contributed by atoms with van der Waals surface area (Å²) < 4.78 is 0. The number of ketones is 1. The molecule has 1 fully saturated rings. The summed E-state index contributed by atoms with van der Waals surface area (Å²) in [6, 6.07) is 7.88. The number of carbonyl (C=O) groups is 1. The molecular weight excluding hydrogens is 210 g/mol. The van der Waals surface area contributed by atoms with Crippen LogP contribution in [0.4, 0.5) is 0 Å². The van der Waals surface area contributed by atoms with Gasteiger partial charge in [-0.05, 0) is 38.8 Å². The molecule has 0 aliphatic carbocycles. The van der Waals surface area contributed by atoms with E-state index in [0.29, 0.717) is 6.54 Å². The van der Waals surface area contributed by atoms with Crippen molar-refractivity contribution in [3.05, 3.63) is 35.4 Å². The van der Waals surface area contributed by atoms with Crippen molar-refractivity contribution in [2.75, 3.05) is 19.6 Å². The minimum Gasteiger partial charge on any atom is -0.296 e. The van der Waals surface area contributed by atoms with E-state index in [1.54, 1.807) is 0 Å². The van der Waals surface area contributed by atoms with E-state index in [4.69, 9.17) is 0 Å². The molecule has 0 radical (unpaired) electrons. The van der Waals surface area contributed by atoms with Crippen LogP contribution in [0.3, 0.4) is 0 Å². The third kappa shape index (κ3) is 3.40. The fraction of sp³-hybridized carbons (Fsp3) is 0.533. The molecule has 92 valence electrons. The molecule has 0 atom stereocenters. The second-order valence-electron chi connectivity index (χ2n) is 5.25. The first kappa shape index (κ1) is 12.3. The van der Waals surface area contributed by atoms with Crippen LogP contribution < -0.4 is 0 Å². The summed E-state index contributed by atoms with van der Waals surface area (Å²) in [5.74, 6) is 1.07. The number of Topliss-reactive ketones (excluding diaryl/α,β-unsaturated/α-hetero) is 1. The van der Waals surface area contributed by atoms with Crippen LogP contribution in [0, 0.1) is 12.8 Å². The predicted octanol–water partition coefficient (Wildman–Crippen LogP) is 2.91. The average Bonchev–Trinajstić information content (AvgIpc) is 2.33. The molecule has 0 bridgehead atoms. The monoisotopic (exact) mass is 231 g/mol. The van der Waals surface area contributed by atoms with E-state index >= 15 is 0 Å². The number of likely N-dealkylation sites (tertiary alicyclic amines) is 1. The van der Waals surface area contributed by atoms with Crippen molar-refractivity contribution in [1.29, 1.82) is 0 Å². The van der Waals surface area contributed by atoms with Gasteiger partial charge in [-0.15, -0.1) is 0 Å². The second-order valence-corrected chi connectivity index (χ2v) is 5.25. The Morgan fingerprint density at radius 3 is 2.41 bits per heavy atom. The van der Waals surface area contributed by atoms with Gasteiger partial charge in [-0.3, -0.25) is 9.69 Å². The van der Waals surface area contributed by atoms with E-state index in [1.165, 1.54) is 18.4 Å². The number of hydrogen-bond acceptors (Lipinski definition) is 2. The first-order valence-corrected chi connectivity index (χ1v) is 6.47. The van der Waals surface area contributed by atoms with Gasteiger partial charge in [0.2, 0.25) is 0 Å². The van der Waals surface area contributed by atoms with Crippen molar-refractivity contribution in [2.24, 2.45) is 5.92 Å². The molecule has 1 heterocycles. The van der Waals surface area contributed by atoms with E-state index in [-0.39, 0.29) is 5.78 Å². The van der Waals surface area contributed by atoms with Crippen molar-refractivity contribution >= 4 is 5.78 Å². The van der Waals surface area contributed by atoms with Crippen LogP contribution in [0.2, 0.25) is 0 Å². The summed E-state index contributed by atoms with van der Waals surface area (Å²) in [6.45, 7) is 7.05. The van der Waals surface area contributed by atoms with E-state index in [9.17, 15) is 4.79 Å². The number of benzene rings is 1. The Bertz CT molecular complexity index is 374. The molecule has 0 amide bonds. The summed E-state index contributed by atoms with van der Waals surface area (Å²) in [5.41, 5.74) is 2.04. The topological polar surface area (TPSA) is 20.3 Å². The third-order valence-corrected chi connectivity index (χ3v) is 3.62. The molecule has 0 saturated carbocycles. The van der Waals surface area contributed by atoms with Crippen LogP contribution in [0.1, 0.15) is 35.7 Å². The summed E-state index contributed by atoms with van der Waals surface area (Å²) in [5, 5.41) is 0. The maximum atomic E-state index is 12.1. The van der Waals surface area contributed by atoms with Gasteiger partial charge in [-0.25, -0.2) is 0 Å². The van der Waals surface area contributed by atoms with Crippen molar-refractivity contribution in [1.82, 2.24) is 4.90 Å². The van der Waals surface area contributed by atoms with Crippen molar-refractivity contribution in [3.8, 4) is 0 Å². The van der Waals surface area contributed by atoms with Gasteiger partial charge in [0.05, 0.1) is 6.54 Å². The van der Waals surface area contributed by atoms with Crippen LogP contribution in [-0.4, -0.2) is 30.3 Å². The van der Waals surface area contributed by atoms with Gasteiger partial charge >= 0.3 is 0 Å². The predicted molar refractivity (Wildman–Crippen MR) is 70.3 cm³/mol. The van der Waals surface area contributed by atoms with Crippen LogP contribution in [0.5, 0.6) is 0 Å². The largest absolute Gasteiger partial charge is 0.296 e. The molecule has 1 aliphatic rings. The fourth-order valence-electron chi connectivity index (χ4n) is 2.25. The Balaban J connectivity index is 1.91. The number of carbonyl (C=O) groups excluding carboxylic acids is 1. The highest BCUT2D eigenvalue weighted by molar-refractivity contribution is 5.97. The maximum absolute atomic E-state index is 12.1. The summed E-state index contributed by atoms with van der Waals surface area (Å²) in [6.07, 6.45) is 2.45. The molecule has 1 aromatic rings. The summed E-state index contributed by atoms with van der Waals surface area (Å²) >= 11 is 0. The number of piperidine rings is 1. The van der Waals surface area contributed by atoms with Crippen molar-refractivity contribution in [3.63, 3.8) is 0 Å². The van der Waals surface area contributed by atoms with Gasteiger partial charge in [0, 0.05) is 5.56 Å². The van der Waals surface area contributed by atoms with Gasteiger partial charge in [0.1, 0.15) is 0 Å². The molecule has 2 rings (SSSR count). The fourth-order valence-corrected chi connectivity index (χ4v) is 2.25. The number of hydrogen-bond donors (Lipinski definition) is 0. The maximum Gasteiger partial charge on any atom is 0.176 e. The Hall–Kier alpha value is -1.15. The molecule has 1 aliphatic heterocycles. The lowest BCUT2D eigenvalue weighted by atomic mass is 9.98. The SMILES string of the molecule is Cc1ccc(C(=O)CN2CCC(C)CC2)cc1. The number of rotatable bonds is 3. The van der Waals surface area contributed by atoms with Gasteiger partial charge in [-0.2, -0.15) is 0 Å². The molecule has 0 aromatic heterocycles. The molecule has 0 N–H and O–H groups in total. The molecule has 1 saturated heterocycles. The quantitative estimate of drug-likeness (QED) is 0.745. The summed E-state index contributed by atoms with van der Waals surface area (Å²) in [4.78, 5) is 14.3. The molecule has 1 aromatic carbocycles. The highest BCUT2D eigenvalue weighted by Gasteiger charge is 2.18. The lowest BCUT2D eigenvalue weighted by Crippen LogP contribution is -2.36. The lowest BCUT2D eigenvalue weighted by molar-refractivity contribution is 0.0900. The lowest BCUT2D eigenvalue weighted by Gasteiger charge is -2.29. The highest BCUT2D eigenvalue weighted by atomic mass is 16.1. The zero-order valence-electron chi connectivity index (χ0n) is 10.8. The van der Waals surface area contributed by atoms with E-state index in [2.05, 4.69) is 11.8 Å². The molecule has 17 heavy (non-hydrogen) atoms. The summed E-state index contributed by atoms with van der Waals surface area (Å²) in [7, 11) is 0. The molecule has 0 spiro atoms. The number of aryl methyl sites for hydroxylation is 1. The van der Waals surface area contributed by atoms with E-state index in [0.717, 1.165) is 24.6 Å². The number of nitrogens with zero attached hydrogens (tertiary/aromatic N) is 1. The van der Waals surface area contributed by atoms with Gasteiger partial charge in [-0.1, -0.05) is 36.8 Å². The molecule has 0 unspecified atom stereocenters. The molecule has 2 heteroatoms. The standard InChI is InChI=1S/C15H21NO/c1-12-3-5-14(6-4-12)15(17)11-16-9-7-13(2)8-10-16/h3-6,13H,7-11H2,1-2H3. The van der Waals surface area contributed by atoms with E-state index in [1.807, 2.05) is 31.2 Å². The Morgan fingerprint density at radius 1 is 1.24 bits per heavy atom. The third-order valence-electron chi connectivity index (χ3n) is 3.62. The zero-order valence-corrected chi connectivity index (χ0v) is 10.8. The highest BCUT2D eigenvalue weighted by Crippen LogP contribution is 2.16. The van der Waals surface area contributed by atoms with Crippen LogP contribution >= 0.6 is 0 Å². The minimum absolute atomic E-state index is 0.250. The normalized spacial score (nSPS) is 18.2. The second kappa shape index (κ2) is 5.46. The van der Waals surface area contributed by atoms with Gasteiger partial charge in [0.15, 0.2) is 5.78 Å². The first-order chi connectivity index (χ1) is 8.15. The van der Waals surface area contributed by atoms with Crippen LogP contribution in [-0.2, 0) is 0 Å². The Kier molecular flexibility index (Phi) is 3.95. The van der Waals surface area contributed by atoms with E-state index < -0.39 is 0 Å². The van der Waals surface area contributed by atoms with Crippen molar-refractivity contribution in [2.45, 2.75) is 26.7 Å². The Morgan fingerprint density at radius 2 is 1.82 bits per heavy atom. The van der Waals surface area contributed by atoms with Gasteiger partial charge in [0.25, 0.3) is 0 Å².